The number of nitrogens with one attached hydrogen (secondary N) is 1. The van der Waals surface area contributed by atoms with Gasteiger partial charge >= 0.3 is 5.97 Å². The van der Waals surface area contributed by atoms with Crippen LogP contribution in [-0.4, -0.2) is 11.1 Å². The zero-order valence-corrected chi connectivity index (χ0v) is 12.0. The highest BCUT2D eigenvalue weighted by molar-refractivity contribution is 6.33. The molecule has 0 saturated heterocycles. The summed E-state index contributed by atoms with van der Waals surface area (Å²) in [4.78, 5) is 11.4. The van der Waals surface area contributed by atoms with Gasteiger partial charge in [0, 0.05) is 22.2 Å². The molecule has 0 fully saturated rings. The van der Waals surface area contributed by atoms with Gasteiger partial charge in [0.25, 0.3) is 0 Å². The molecule has 2 rings (SSSR count). The average molecular weight is 310 g/mol. The van der Waals surface area contributed by atoms with Crippen molar-refractivity contribution in [1.82, 2.24) is 5.32 Å². The van der Waals surface area contributed by atoms with Crippen molar-refractivity contribution in [3.8, 4) is 0 Å². The van der Waals surface area contributed by atoms with Crippen LogP contribution in [0.25, 0.3) is 0 Å². The van der Waals surface area contributed by atoms with Crippen molar-refractivity contribution in [1.29, 1.82) is 0 Å². The molecular formula is C15H13Cl2NO2. The van der Waals surface area contributed by atoms with Gasteiger partial charge in [0.15, 0.2) is 0 Å². The molecule has 0 aliphatic carbocycles. The molecule has 0 aliphatic heterocycles. The number of carbonyl (C=O) groups is 1. The van der Waals surface area contributed by atoms with E-state index in [2.05, 4.69) is 5.32 Å². The monoisotopic (exact) mass is 309 g/mol. The van der Waals surface area contributed by atoms with Crippen molar-refractivity contribution in [2.45, 2.75) is 12.6 Å². The van der Waals surface area contributed by atoms with Crippen LogP contribution in [0, 0.1) is 0 Å². The molecular weight excluding hydrogens is 297 g/mol. The van der Waals surface area contributed by atoms with Crippen molar-refractivity contribution in [2.75, 3.05) is 0 Å². The molecule has 0 aliphatic rings. The van der Waals surface area contributed by atoms with Crippen LogP contribution in [0.15, 0.2) is 48.5 Å². The third kappa shape index (κ3) is 3.73. The first kappa shape index (κ1) is 14.9. The number of aliphatic carboxylic acids is 1. The average Bonchev–Trinajstić information content (AvgIpc) is 2.43. The van der Waals surface area contributed by atoms with Crippen LogP contribution in [-0.2, 0) is 11.3 Å². The van der Waals surface area contributed by atoms with Crippen LogP contribution >= 0.6 is 23.2 Å². The van der Waals surface area contributed by atoms with Crippen LogP contribution in [0.5, 0.6) is 0 Å². The van der Waals surface area contributed by atoms with Gasteiger partial charge in [0.2, 0.25) is 0 Å². The van der Waals surface area contributed by atoms with E-state index in [0.717, 1.165) is 5.56 Å². The summed E-state index contributed by atoms with van der Waals surface area (Å²) in [7, 11) is 0. The highest BCUT2D eigenvalue weighted by Gasteiger charge is 2.22. The summed E-state index contributed by atoms with van der Waals surface area (Å²) in [6.45, 7) is 0.431. The molecule has 20 heavy (non-hydrogen) atoms. The smallest absolute Gasteiger partial charge is 0.325 e. The molecule has 0 radical (unpaired) electrons. The minimum Gasteiger partial charge on any atom is -0.480 e. The number of halogens is 2. The summed E-state index contributed by atoms with van der Waals surface area (Å²) in [6, 6.07) is 13.5. The molecule has 2 aromatic carbocycles. The Morgan fingerprint density at radius 3 is 2.50 bits per heavy atom. The number of carboxylic acids is 1. The molecule has 0 aromatic heterocycles. The maximum Gasteiger partial charge on any atom is 0.325 e. The van der Waals surface area contributed by atoms with E-state index in [4.69, 9.17) is 23.2 Å². The second-order valence-electron chi connectivity index (χ2n) is 4.30. The fourth-order valence-corrected chi connectivity index (χ4v) is 2.29. The Bertz CT molecular complexity index is 602. The van der Waals surface area contributed by atoms with Crippen LogP contribution in [0.2, 0.25) is 10.0 Å². The van der Waals surface area contributed by atoms with Crippen molar-refractivity contribution in [2.24, 2.45) is 0 Å². The van der Waals surface area contributed by atoms with Gasteiger partial charge < -0.3 is 5.11 Å². The molecule has 0 amide bonds. The number of hydrogen-bond acceptors (Lipinski definition) is 2. The van der Waals surface area contributed by atoms with E-state index in [0.29, 0.717) is 22.2 Å². The Hall–Kier alpha value is -1.55. The van der Waals surface area contributed by atoms with Gasteiger partial charge in [-0.2, -0.15) is 0 Å². The summed E-state index contributed by atoms with van der Waals surface area (Å²) in [6.07, 6.45) is 0. The summed E-state index contributed by atoms with van der Waals surface area (Å²) in [5.41, 5.74) is 1.46. The van der Waals surface area contributed by atoms with Crippen LogP contribution in [0.4, 0.5) is 0 Å². The molecule has 1 atom stereocenters. The largest absolute Gasteiger partial charge is 0.480 e. The van der Waals surface area contributed by atoms with E-state index in [1.165, 1.54) is 0 Å². The highest BCUT2D eigenvalue weighted by Crippen LogP contribution is 2.27. The topological polar surface area (TPSA) is 49.3 Å². The molecule has 2 aromatic rings. The Kier molecular flexibility index (Phi) is 5.01. The van der Waals surface area contributed by atoms with Gasteiger partial charge in [-0.1, -0.05) is 53.5 Å². The van der Waals surface area contributed by atoms with Gasteiger partial charge in [-0.05, 0) is 23.8 Å². The second-order valence-corrected chi connectivity index (χ2v) is 5.15. The highest BCUT2D eigenvalue weighted by atomic mass is 35.5. The number of carboxylic acid groups (broad SMARTS) is 1. The zero-order chi connectivity index (χ0) is 14.5. The number of rotatable bonds is 5. The second kappa shape index (κ2) is 6.75. The van der Waals surface area contributed by atoms with E-state index in [1.54, 1.807) is 18.2 Å². The summed E-state index contributed by atoms with van der Waals surface area (Å²) in [5.74, 6) is -0.995. The SMILES string of the molecule is O=C(O)C(NCc1ccccc1)c1cc(Cl)ccc1Cl. The van der Waals surface area contributed by atoms with Crippen LogP contribution in [0.3, 0.4) is 0 Å². The summed E-state index contributed by atoms with van der Waals surface area (Å²) < 4.78 is 0. The predicted octanol–water partition coefficient (Wildman–Crippen LogP) is 3.91. The molecule has 2 N–H and O–H groups in total. The quantitative estimate of drug-likeness (QED) is 0.880. The fourth-order valence-electron chi connectivity index (χ4n) is 1.88. The van der Waals surface area contributed by atoms with Gasteiger partial charge in [0.05, 0.1) is 0 Å². The van der Waals surface area contributed by atoms with Gasteiger partial charge in [-0.25, -0.2) is 0 Å². The van der Waals surface area contributed by atoms with Crippen LogP contribution < -0.4 is 5.32 Å². The zero-order valence-electron chi connectivity index (χ0n) is 10.5. The van der Waals surface area contributed by atoms with E-state index in [1.807, 2.05) is 30.3 Å². The molecule has 0 heterocycles. The molecule has 3 nitrogen and oxygen atoms in total. The number of hydrogen-bond donors (Lipinski definition) is 2. The first-order valence-electron chi connectivity index (χ1n) is 6.03. The van der Waals surface area contributed by atoms with E-state index in [9.17, 15) is 9.90 Å². The van der Waals surface area contributed by atoms with Gasteiger partial charge in [-0.15, -0.1) is 0 Å². The van der Waals surface area contributed by atoms with Gasteiger partial charge in [-0.3, -0.25) is 10.1 Å². The van der Waals surface area contributed by atoms with E-state index >= 15 is 0 Å². The van der Waals surface area contributed by atoms with Crippen molar-refractivity contribution >= 4 is 29.2 Å². The Morgan fingerprint density at radius 1 is 1.15 bits per heavy atom. The molecule has 1 unspecified atom stereocenters. The third-order valence-corrected chi connectivity index (χ3v) is 3.45. The molecule has 5 heteroatoms. The summed E-state index contributed by atoms with van der Waals surface area (Å²) in [5, 5.41) is 13.2. The maximum absolute atomic E-state index is 11.4. The normalized spacial score (nSPS) is 12.1. The van der Waals surface area contributed by atoms with Crippen molar-refractivity contribution in [3.05, 3.63) is 69.7 Å². The van der Waals surface area contributed by atoms with Crippen molar-refractivity contribution < 1.29 is 9.90 Å². The lowest BCUT2D eigenvalue weighted by molar-refractivity contribution is -0.139. The number of benzene rings is 2. The Morgan fingerprint density at radius 2 is 1.85 bits per heavy atom. The molecule has 0 saturated carbocycles. The summed E-state index contributed by atoms with van der Waals surface area (Å²) >= 11 is 12.0. The first-order valence-corrected chi connectivity index (χ1v) is 6.78. The lowest BCUT2D eigenvalue weighted by atomic mass is 10.1. The Balaban J connectivity index is 2.19. The first-order chi connectivity index (χ1) is 9.58. The minimum absolute atomic E-state index is 0.377. The van der Waals surface area contributed by atoms with Crippen molar-refractivity contribution in [3.63, 3.8) is 0 Å². The minimum atomic E-state index is -0.995. The predicted molar refractivity (Wildman–Crippen MR) is 80.1 cm³/mol. The fraction of sp³-hybridized carbons (Fsp3) is 0.133. The molecule has 104 valence electrons. The van der Waals surface area contributed by atoms with E-state index < -0.39 is 12.0 Å². The van der Waals surface area contributed by atoms with Crippen LogP contribution in [0.1, 0.15) is 17.2 Å². The Labute approximate surface area is 127 Å². The standard InChI is InChI=1S/C15H13Cl2NO2/c16-11-6-7-13(17)12(8-11)14(15(19)20)18-9-10-4-2-1-3-5-10/h1-8,14,18H,9H2,(H,19,20). The van der Waals surface area contributed by atoms with E-state index in [-0.39, 0.29) is 0 Å². The third-order valence-electron chi connectivity index (χ3n) is 2.87. The maximum atomic E-state index is 11.4. The lowest BCUT2D eigenvalue weighted by Gasteiger charge is -2.16. The van der Waals surface area contributed by atoms with Gasteiger partial charge in [0.1, 0.15) is 6.04 Å². The molecule has 0 bridgehead atoms. The molecule has 0 spiro atoms. The lowest BCUT2D eigenvalue weighted by Crippen LogP contribution is -2.28.